The lowest BCUT2D eigenvalue weighted by molar-refractivity contribution is 0.0974. The molecule has 0 aliphatic rings. The molecule has 17 heavy (non-hydrogen) atoms. The van der Waals surface area contributed by atoms with Crippen LogP contribution in [-0.4, -0.2) is 48.2 Å². The monoisotopic (exact) mass is 238 g/mol. The summed E-state index contributed by atoms with van der Waals surface area (Å²) >= 11 is 0. The van der Waals surface area contributed by atoms with E-state index in [0.29, 0.717) is 12.0 Å². The molecule has 0 amide bonds. The Kier molecular flexibility index (Phi) is 5.86. The zero-order chi connectivity index (χ0) is 12.7. The highest BCUT2D eigenvalue weighted by Crippen LogP contribution is 2.07. The van der Waals surface area contributed by atoms with E-state index in [1.165, 1.54) is 0 Å². The summed E-state index contributed by atoms with van der Waals surface area (Å²) in [5.74, 6) is 0.665. The highest BCUT2D eigenvalue weighted by molar-refractivity contribution is 5.23. The van der Waals surface area contributed by atoms with Crippen LogP contribution in [0.4, 0.5) is 5.95 Å². The van der Waals surface area contributed by atoms with Crippen LogP contribution in [0.25, 0.3) is 0 Å². The van der Waals surface area contributed by atoms with E-state index in [9.17, 15) is 0 Å². The summed E-state index contributed by atoms with van der Waals surface area (Å²) in [5, 5.41) is 2.95. The first-order valence-electron chi connectivity index (χ1n) is 5.93. The van der Waals surface area contributed by atoms with Crippen molar-refractivity contribution >= 4 is 5.95 Å². The molecule has 96 valence electrons. The molecule has 1 aromatic heterocycles. The minimum atomic E-state index is 0.387. The highest BCUT2D eigenvalue weighted by Gasteiger charge is 2.13. The van der Waals surface area contributed by atoms with E-state index in [1.54, 1.807) is 13.3 Å². The number of likely N-dealkylation sites (N-methyl/N-ethyl adjacent to an activating group) is 1. The maximum atomic E-state index is 5.18. The van der Waals surface area contributed by atoms with Gasteiger partial charge in [-0.2, -0.15) is 0 Å². The molecule has 0 saturated carbocycles. The van der Waals surface area contributed by atoms with Crippen LogP contribution in [0.3, 0.4) is 0 Å². The van der Waals surface area contributed by atoms with Crippen LogP contribution in [0.15, 0.2) is 12.3 Å². The van der Waals surface area contributed by atoms with Crippen molar-refractivity contribution < 1.29 is 4.74 Å². The Morgan fingerprint density at radius 3 is 2.88 bits per heavy atom. The number of methoxy groups -OCH3 is 1. The van der Waals surface area contributed by atoms with E-state index < -0.39 is 0 Å². The Hall–Kier alpha value is -1.20. The zero-order valence-corrected chi connectivity index (χ0v) is 11.1. The topological polar surface area (TPSA) is 50.3 Å². The second kappa shape index (κ2) is 7.19. The molecule has 1 rings (SSSR count). The molecular weight excluding hydrogens is 216 g/mol. The van der Waals surface area contributed by atoms with Crippen molar-refractivity contribution in [3.8, 4) is 0 Å². The summed E-state index contributed by atoms with van der Waals surface area (Å²) in [6, 6.07) is 2.33. The molecule has 0 aliphatic carbocycles. The third kappa shape index (κ3) is 4.28. The van der Waals surface area contributed by atoms with E-state index >= 15 is 0 Å². The Balaban J connectivity index is 2.66. The molecule has 5 heteroatoms. The number of aromatic nitrogens is 2. The summed E-state index contributed by atoms with van der Waals surface area (Å²) in [6.45, 7) is 6.83. The largest absolute Gasteiger partial charge is 0.383 e. The maximum absolute atomic E-state index is 5.18. The predicted molar refractivity (Wildman–Crippen MR) is 69.0 cm³/mol. The van der Waals surface area contributed by atoms with Gasteiger partial charge < -0.3 is 10.1 Å². The molecule has 0 spiro atoms. The molecule has 0 fully saturated rings. The average Bonchev–Trinajstić information content (AvgIpc) is 2.36. The van der Waals surface area contributed by atoms with Crippen LogP contribution < -0.4 is 5.32 Å². The number of ether oxygens (including phenoxy) is 1. The van der Waals surface area contributed by atoms with Crippen molar-refractivity contribution in [1.82, 2.24) is 14.9 Å². The second-order valence-corrected chi connectivity index (χ2v) is 3.99. The van der Waals surface area contributed by atoms with Gasteiger partial charge in [-0.25, -0.2) is 9.97 Å². The molecule has 1 aromatic rings. The number of hydrogen-bond acceptors (Lipinski definition) is 5. The molecule has 0 radical (unpaired) electrons. The molecule has 0 bridgehead atoms. The number of hydrogen-bond donors (Lipinski definition) is 1. The van der Waals surface area contributed by atoms with Gasteiger partial charge in [0.25, 0.3) is 0 Å². The van der Waals surface area contributed by atoms with E-state index in [0.717, 1.165) is 25.4 Å². The van der Waals surface area contributed by atoms with Crippen LogP contribution in [0.1, 0.15) is 19.5 Å². The first kappa shape index (κ1) is 13.9. The van der Waals surface area contributed by atoms with E-state index in [-0.39, 0.29) is 0 Å². The normalized spacial score (nSPS) is 12.8. The number of rotatable bonds is 7. The molecular formula is C12H22N4O. The van der Waals surface area contributed by atoms with Crippen molar-refractivity contribution in [2.45, 2.75) is 26.4 Å². The quantitative estimate of drug-likeness (QED) is 0.777. The van der Waals surface area contributed by atoms with Crippen LogP contribution in [0.5, 0.6) is 0 Å². The van der Waals surface area contributed by atoms with Crippen LogP contribution in [0, 0.1) is 0 Å². The molecule has 1 unspecified atom stereocenters. The molecule has 0 aromatic carbocycles. The third-order valence-corrected chi connectivity index (χ3v) is 2.74. The summed E-state index contributed by atoms with van der Waals surface area (Å²) in [7, 11) is 3.55. The minimum Gasteiger partial charge on any atom is -0.383 e. The fraction of sp³-hybridized carbons (Fsp3) is 0.667. The Bertz CT molecular complexity index is 332. The van der Waals surface area contributed by atoms with Gasteiger partial charge in [-0.05, 0) is 19.5 Å². The first-order valence-corrected chi connectivity index (χ1v) is 5.93. The Morgan fingerprint density at radius 2 is 2.29 bits per heavy atom. The number of nitrogens with one attached hydrogen (secondary N) is 1. The van der Waals surface area contributed by atoms with Gasteiger partial charge in [0.2, 0.25) is 5.95 Å². The lowest BCUT2D eigenvalue weighted by atomic mass is 10.2. The van der Waals surface area contributed by atoms with Crippen molar-refractivity contribution in [3.05, 3.63) is 18.0 Å². The van der Waals surface area contributed by atoms with Crippen molar-refractivity contribution in [3.63, 3.8) is 0 Å². The zero-order valence-electron chi connectivity index (χ0n) is 11.1. The summed E-state index contributed by atoms with van der Waals surface area (Å²) < 4.78 is 5.18. The average molecular weight is 238 g/mol. The van der Waals surface area contributed by atoms with Gasteiger partial charge in [-0.1, -0.05) is 6.92 Å². The lowest BCUT2D eigenvalue weighted by Crippen LogP contribution is -2.35. The minimum absolute atomic E-state index is 0.387. The SMILES string of the molecule is CCN(Cc1ccnc(NC)n1)C(C)COC. The van der Waals surface area contributed by atoms with Crippen LogP contribution in [-0.2, 0) is 11.3 Å². The van der Waals surface area contributed by atoms with Crippen LogP contribution in [0.2, 0.25) is 0 Å². The van der Waals surface area contributed by atoms with Crippen LogP contribution >= 0.6 is 0 Å². The van der Waals surface area contributed by atoms with E-state index in [1.807, 2.05) is 13.1 Å². The molecule has 0 aliphatic heterocycles. The van der Waals surface area contributed by atoms with Gasteiger partial charge in [-0.15, -0.1) is 0 Å². The summed E-state index contributed by atoms with van der Waals surface area (Å²) in [4.78, 5) is 10.8. The van der Waals surface area contributed by atoms with Crippen molar-refractivity contribution in [2.75, 3.05) is 32.6 Å². The summed E-state index contributed by atoms with van der Waals surface area (Å²) in [5.41, 5.74) is 1.02. The molecule has 5 nitrogen and oxygen atoms in total. The maximum Gasteiger partial charge on any atom is 0.222 e. The molecule has 1 atom stereocenters. The van der Waals surface area contributed by atoms with Crippen molar-refractivity contribution in [1.29, 1.82) is 0 Å². The smallest absolute Gasteiger partial charge is 0.222 e. The summed E-state index contributed by atoms with van der Waals surface area (Å²) in [6.07, 6.45) is 1.78. The Morgan fingerprint density at radius 1 is 1.53 bits per heavy atom. The van der Waals surface area contributed by atoms with Gasteiger partial charge in [0.05, 0.1) is 12.3 Å². The van der Waals surface area contributed by atoms with Gasteiger partial charge in [-0.3, -0.25) is 4.90 Å². The van der Waals surface area contributed by atoms with E-state index in [2.05, 4.69) is 34.0 Å². The molecule has 1 heterocycles. The fourth-order valence-electron chi connectivity index (χ4n) is 1.74. The van der Waals surface area contributed by atoms with Gasteiger partial charge in [0, 0.05) is 32.9 Å². The number of nitrogens with zero attached hydrogens (tertiary/aromatic N) is 3. The van der Waals surface area contributed by atoms with Gasteiger partial charge in [0.1, 0.15) is 0 Å². The highest BCUT2D eigenvalue weighted by atomic mass is 16.5. The number of anilines is 1. The lowest BCUT2D eigenvalue weighted by Gasteiger charge is -2.26. The van der Waals surface area contributed by atoms with E-state index in [4.69, 9.17) is 4.74 Å². The van der Waals surface area contributed by atoms with Gasteiger partial charge >= 0.3 is 0 Å². The second-order valence-electron chi connectivity index (χ2n) is 3.99. The van der Waals surface area contributed by atoms with Gasteiger partial charge in [0.15, 0.2) is 0 Å². The Labute approximate surface area is 103 Å². The third-order valence-electron chi connectivity index (χ3n) is 2.74. The first-order chi connectivity index (χ1) is 8.21. The fourth-order valence-corrected chi connectivity index (χ4v) is 1.74. The van der Waals surface area contributed by atoms with Crippen molar-refractivity contribution in [2.24, 2.45) is 0 Å². The predicted octanol–water partition coefficient (Wildman–Crippen LogP) is 1.38. The standard InChI is InChI=1S/C12H22N4O/c1-5-16(10(2)9-17-4)8-11-6-7-14-12(13-3)15-11/h6-7,10H,5,8-9H2,1-4H3,(H,13,14,15). The molecule has 1 N–H and O–H groups in total. The molecule has 0 saturated heterocycles.